The molecule has 1 unspecified atom stereocenters. The molecule has 1 atom stereocenters. The average molecular weight is 329 g/mol. The van der Waals surface area contributed by atoms with E-state index in [0.29, 0.717) is 30.4 Å². The van der Waals surface area contributed by atoms with Crippen molar-refractivity contribution in [2.24, 2.45) is 0 Å². The molecule has 1 amide bonds. The van der Waals surface area contributed by atoms with E-state index in [4.69, 9.17) is 18.9 Å². The predicted molar refractivity (Wildman–Crippen MR) is 87.9 cm³/mol. The monoisotopic (exact) mass is 329 g/mol. The quantitative estimate of drug-likeness (QED) is 0.822. The van der Waals surface area contributed by atoms with E-state index in [1.807, 2.05) is 36.4 Å². The van der Waals surface area contributed by atoms with Crippen LogP contribution in [0.15, 0.2) is 48.5 Å². The summed E-state index contributed by atoms with van der Waals surface area (Å²) in [5.74, 6) is 2.43. The first-order valence-electron chi connectivity index (χ1n) is 7.69. The first kappa shape index (κ1) is 16.0. The fourth-order valence-electron chi connectivity index (χ4n) is 2.30. The molecule has 6 heteroatoms. The maximum Gasteiger partial charge on any atom is 0.264 e. The summed E-state index contributed by atoms with van der Waals surface area (Å²) >= 11 is 0. The number of rotatable bonds is 6. The standard InChI is InChI=1S/C18H19NO5/c1-21-13-5-4-6-14(11-13)22-10-9-19-18(20)17-12-23-15-7-2-3-8-16(15)24-17/h2-8,11,17H,9-10,12H2,1H3,(H,19,20). The van der Waals surface area contributed by atoms with Gasteiger partial charge in [0.25, 0.3) is 5.91 Å². The molecule has 1 N–H and O–H groups in total. The molecule has 24 heavy (non-hydrogen) atoms. The molecule has 0 saturated heterocycles. The lowest BCUT2D eigenvalue weighted by Crippen LogP contribution is -2.45. The van der Waals surface area contributed by atoms with Crippen molar-refractivity contribution in [3.63, 3.8) is 0 Å². The average Bonchev–Trinajstić information content (AvgIpc) is 2.64. The minimum absolute atomic E-state index is 0.194. The molecule has 0 aliphatic carbocycles. The Morgan fingerprint density at radius 3 is 2.79 bits per heavy atom. The predicted octanol–water partition coefficient (Wildman–Crippen LogP) is 2.03. The largest absolute Gasteiger partial charge is 0.497 e. The second-order valence-corrected chi connectivity index (χ2v) is 5.18. The zero-order valence-corrected chi connectivity index (χ0v) is 13.4. The Labute approximate surface area is 140 Å². The first-order valence-corrected chi connectivity index (χ1v) is 7.69. The van der Waals surface area contributed by atoms with Crippen LogP contribution in [0.2, 0.25) is 0 Å². The van der Waals surface area contributed by atoms with Crippen LogP contribution in [0.5, 0.6) is 23.0 Å². The summed E-state index contributed by atoms with van der Waals surface area (Å²) in [4.78, 5) is 12.1. The number of hydrogen-bond donors (Lipinski definition) is 1. The van der Waals surface area contributed by atoms with Crippen LogP contribution in [0, 0.1) is 0 Å². The Hall–Kier alpha value is -2.89. The molecule has 2 aromatic rings. The minimum Gasteiger partial charge on any atom is -0.497 e. The highest BCUT2D eigenvalue weighted by molar-refractivity contribution is 5.81. The van der Waals surface area contributed by atoms with Gasteiger partial charge in [0.15, 0.2) is 11.5 Å². The van der Waals surface area contributed by atoms with Crippen molar-refractivity contribution in [2.45, 2.75) is 6.10 Å². The van der Waals surface area contributed by atoms with Gasteiger partial charge in [-0.25, -0.2) is 0 Å². The Morgan fingerprint density at radius 2 is 1.96 bits per heavy atom. The number of fused-ring (bicyclic) bond motifs is 1. The molecule has 1 aliphatic heterocycles. The van der Waals surface area contributed by atoms with Crippen molar-refractivity contribution in [1.82, 2.24) is 5.32 Å². The summed E-state index contributed by atoms with van der Waals surface area (Å²) < 4.78 is 21.9. The lowest BCUT2D eigenvalue weighted by Gasteiger charge is -2.25. The molecule has 6 nitrogen and oxygen atoms in total. The number of para-hydroxylation sites is 2. The van der Waals surface area contributed by atoms with E-state index in [2.05, 4.69) is 5.32 Å². The third-order valence-electron chi connectivity index (χ3n) is 3.51. The van der Waals surface area contributed by atoms with Gasteiger partial charge in [-0.05, 0) is 24.3 Å². The SMILES string of the molecule is COc1cccc(OCCNC(=O)C2COc3ccccc3O2)c1. The lowest BCUT2D eigenvalue weighted by molar-refractivity contribution is -0.130. The van der Waals surface area contributed by atoms with Gasteiger partial charge in [-0.1, -0.05) is 18.2 Å². The third-order valence-corrected chi connectivity index (χ3v) is 3.51. The van der Waals surface area contributed by atoms with Gasteiger partial charge in [0.1, 0.15) is 24.7 Å². The van der Waals surface area contributed by atoms with Crippen LogP contribution in [0.25, 0.3) is 0 Å². The number of hydrogen-bond acceptors (Lipinski definition) is 5. The normalized spacial score (nSPS) is 15.5. The molecule has 0 fully saturated rings. The van der Waals surface area contributed by atoms with E-state index >= 15 is 0 Å². The van der Waals surface area contributed by atoms with E-state index in [1.165, 1.54) is 0 Å². The number of carbonyl (C=O) groups excluding carboxylic acids is 1. The van der Waals surface area contributed by atoms with E-state index in [-0.39, 0.29) is 12.5 Å². The zero-order chi connectivity index (χ0) is 16.8. The lowest BCUT2D eigenvalue weighted by atomic mass is 10.2. The molecule has 126 valence electrons. The smallest absolute Gasteiger partial charge is 0.264 e. The molecule has 0 aromatic heterocycles. The number of benzene rings is 2. The van der Waals surface area contributed by atoms with E-state index in [1.54, 1.807) is 19.2 Å². The van der Waals surface area contributed by atoms with Gasteiger partial charge in [0, 0.05) is 6.07 Å². The Bertz CT molecular complexity index is 703. The second kappa shape index (κ2) is 7.59. The van der Waals surface area contributed by atoms with Crippen LogP contribution in [0.3, 0.4) is 0 Å². The molecule has 0 bridgehead atoms. The van der Waals surface area contributed by atoms with Gasteiger partial charge in [-0.2, -0.15) is 0 Å². The van der Waals surface area contributed by atoms with Gasteiger partial charge in [0.05, 0.1) is 13.7 Å². The topological polar surface area (TPSA) is 66.0 Å². The Balaban J connectivity index is 1.43. The first-order chi connectivity index (χ1) is 11.8. The van der Waals surface area contributed by atoms with Crippen LogP contribution < -0.4 is 24.3 Å². The Kier molecular flexibility index (Phi) is 5.05. The summed E-state index contributed by atoms with van der Waals surface area (Å²) in [6, 6.07) is 14.6. The van der Waals surface area contributed by atoms with Gasteiger partial charge in [0.2, 0.25) is 6.10 Å². The summed E-state index contributed by atoms with van der Waals surface area (Å²) in [5.41, 5.74) is 0. The highest BCUT2D eigenvalue weighted by atomic mass is 16.6. The number of ether oxygens (including phenoxy) is 4. The summed E-state index contributed by atoms with van der Waals surface area (Å²) in [5, 5.41) is 2.78. The minimum atomic E-state index is -0.656. The van der Waals surface area contributed by atoms with E-state index in [9.17, 15) is 4.79 Å². The second-order valence-electron chi connectivity index (χ2n) is 5.18. The summed E-state index contributed by atoms with van der Waals surface area (Å²) in [6.07, 6.45) is -0.656. The van der Waals surface area contributed by atoms with Crippen molar-refractivity contribution in [2.75, 3.05) is 26.9 Å². The van der Waals surface area contributed by atoms with Gasteiger partial charge in [-0.15, -0.1) is 0 Å². The van der Waals surface area contributed by atoms with Crippen LogP contribution >= 0.6 is 0 Å². The maximum absolute atomic E-state index is 12.1. The van der Waals surface area contributed by atoms with Gasteiger partial charge in [-0.3, -0.25) is 4.79 Å². The molecule has 0 spiro atoms. The van der Waals surface area contributed by atoms with Crippen molar-refractivity contribution < 1.29 is 23.7 Å². The fraction of sp³-hybridized carbons (Fsp3) is 0.278. The van der Waals surface area contributed by atoms with E-state index < -0.39 is 6.10 Å². The summed E-state index contributed by atoms with van der Waals surface area (Å²) in [7, 11) is 1.60. The highest BCUT2D eigenvalue weighted by Crippen LogP contribution is 2.30. The third kappa shape index (κ3) is 3.90. The molecule has 2 aromatic carbocycles. The fourth-order valence-corrected chi connectivity index (χ4v) is 2.30. The number of amides is 1. The van der Waals surface area contributed by atoms with Gasteiger partial charge >= 0.3 is 0 Å². The van der Waals surface area contributed by atoms with Crippen LogP contribution in [0.1, 0.15) is 0 Å². The van der Waals surface area contributed by atoms with Crippen molar-refractivity contribution in [1.29, 1.82) is 0 Å². The number of nitrogens with one attached hydrogen (secondary N) is 1. The van der Waals surface area contributed by atoms with Crippen LogP contribution in [0.4, 0.5) is 0 Å². The number of carbonyl (C=O) groups is 1. The van der Waals surface area contributed by atoms with Crippen molar-refractivity contribution in [3.8, 4) is 23.0 Å². The molecule has 0 radical (unpaired) electrons. The van der Waals surface area contributed by atoms with E-state index in [0.717, 1.165) is 5.75 Å². The molecule has 0 saturated carbocycles. The van der Waals surface area contributed by atoms with Crippen molar-refractivity contribution in [3.05, 3.63) is 48.5 Å². The van der Waals surface area contributed by atoms with Crippen LogP contribution in [-0.2, 0) is 4.79 Å². The molecule has 3 rings (SSSR count). The molecular formula is C18H19NO5. The highest BCUT2D eigenvalue weighted by Gasteiger charge is 2.26. The maximum atomic E-state index is 12.1. The Morgan fingerprint density at radius 1 is 1.17 bits per heavy atom. The van der Waals surface area contributed by atoms with Crippen LogP contribution in [-0.4, -0.2) is 38.9 Å². The van der Waals surface area contributed by atoms with Crippen molar-refractivity contribution >= 4 is 5.91 Å². The summed E-state index contributed by atoms with van der Waals surface area (Å²) in [6.45, 7) is 0.917. The number of methoxy groups -OCH3 is 1. The molecule has 1 heterocycles. The zero-order valence-electron chi connectivity index (χ0n) is 13.4. The molecule has 1 aliphatic rings. The molecular weight excluding hydrogens is 310 g/mol. The van der Waals surface area contributed by atoms with Gasteiger partial charge < -0.3 is 24.3 Å².